The number of nitrogens with two attached hydrogens (primary N) is 1. The predicted octanol–water partition coefficient (Wildman–Crippen LogP) is 3.42. The Bertz CT molecular complexity index is 545. The van der Waals surface area contributed by atoms with Crippen molar-refractivity contribution in [2.75, 3.05) is 5.73 Å². The topological polar surface area (TPSA) is 51.8 Å². The van der Waals surface area contributed by atoms with Gasteiger partial charge in [0, 0.05) is 23.0 Å². The second-order valence-corrected chi connectivity index (χ2v) is 5.31. The molecule has 0 bridgehead atoms. The first kappa shape index (κ1) is 12.3. The number of nitrogens with zero attached hydrogens (tertiary/aromatic N) is 2. The largest absolute Gasteiger partial charge is 0.398 e. The van der Waals surface area contributed by atoms with Gasteiger partial charge in [0.05, 0.1) is 4.47 Å². The van der Waals surface area contributed by atoms with Gasteiger partial charge in [-0.25, -0.2) is 14.4 Å². The predicted molar refractivity (Wildman–Crippen MR) is 69.4 cm³/mol. The summed E-state index contributed by atoms with van der Waals surface area (Å²) in [6.45, 7) is 1.91. The Morgan fingerprint density at radius 1 is 1.29 bits per heavy atom. The Labute approximate surface area is 111 Å². The SMILES string of the molecule is Cc1cnc(Sc2cc(Br)c(F)cc2N)nc1. The standard InChI is InChI=1S/C11H9BrFN3S/c1-6-4-15-11(16-5-6)17-10-2-7(12)8(13)3-9(10)14/h2-5H,14H2,1H3. The molecule has 0 aliphatic heterocycles. The van der Waals surface area contributed by atoms with Crippen LogP contribution in [0.3, 0.4) is 0 Å². The first-order chi connectivity index (χ1) is 8.06. The Kier molecular flexibility index (Phi) is 3.63. The number of aryl methyl sites for hydroxylation is 1. The maximum atomic E-state index is 13.2. The van der Waals surface area contributed by atoms with E-state index in [4.69, 9.17) is 5.73 Å². The summed E-state index contributed by atoms with van der Waals surface area (Å²) in [6, 6.07) is 2.90. The van der Waals surface area contributed by atoms with E-state index >= 15 is 0 Å². The van der Waals surface area contributed by atoms with E-state index in [1.165, 1.54) is 17.8 Å². The highest BCUT2D eigenvalue weighted by Gasteiger charge is 2.08. The van der Waals surface area contributed by atoms with Crippen molar-refractivity contribution in [2.45, 2.75) is 17.0 Å². The van der Waals surface area contributed by atoms with Crippen LogP contribution in [0.4, 0.5) is 10.1 Å². The van der Waals surface area contributed by atoms with Crippen LogP contribution in [0.2, 0.25) is 0 Å². The fourth-order valence-corrected chi connectivity index (χ4v) is 2.42. The van der Waals surface area contributed by atoms with Crippen LogP contribution in [0.5, 0.6) is 0 Å². The summed E-state index contributed by atoms with van der Waals surface area (Å²) in [5.74, 6) is -0.378. The maximum absolute atomic E-state index is 13.2. The number of benzene rings is 1. The molecule has 2 aromatic rings. The molecule has 0 amide bonds. The van der Waals surface area contributed by atoms with Gasteiger partial charge in [0.25, 0.3) is 0 Å². The third kappa shape index (κ3) is 2.95. The van der Waals surface area contributed by atoms with Gasteiger partial charge < -0.3 is 5.73 Å². The molecule has 1 heterocycles. The number of halogens is 2. The molecular weight excluding hydrogens is 305 g/mol. The summed E-state index contributed by atoms with van der Waals surface area (Å²) < 4.78 is 13.6. The lowest BCUT2D eigenvalue weighted by atomic mass is 10.3. The van der Waals surface area contributed by atoms with Crippen LogP contribution in [-0.4, -0.2) is 9.97 Å². The molecule has 0 atom stereocenters. The molecular formula is C11H9BrFN3S. The molecule has 0 radical (unpaired) electrons. The zero-order valence-corrected chi connectivity index (χ0v) is 11.3. The third-order valence-electron chi connectivity index (χ3n) is 2.01. The van der Waals surface area contributed by atoms with E-state index in [0.29, 0.717) is 15.3 Å². The molecule has 17 heavy (non-hydrogen) atoms. The number of hydrogen-bond donors (Lipinski definition) is 1. The molecule has 6 heteroatoms. The van der Waals surface area contributed by atoms with Crippen LogP contribution in [0.15, 0.2) is 39.1 Å². The number of rotatable bonds is 2. The first-order valence-corrected chi connectivity index (χ1v) is 6.38. The molecule has 1 aromatic heterocycles. The average Bonchev–Trinajstić information content (AvgIpc) is 2.29. The van der Waals surface area contributed by atoms with E-state index in [-0.39, 0.29) is 5.82 Å². The second-order valence-electron chi connectivity index (χ2n) is 3.45. The number of anilines is 1. The molecule has 88 valence electrons. The van der Waals surface area contributed by atoms with Crippen LogP contribution < -0.4 is 5.73 Å². The molecule has 0 aliphatic carbocycles. The van der Waals surface area contributed by atoms with Gasteiger partial charge in [-0.1, -0.05) is 0 Å². The van der Waals surface area contributed by atoms with Gasteiger partial charge in [-0.2, -0.15) is 0 Å². The van der Waals surface area contributed by atoms with Gasteiger partial charge in [0.1, 0.15) is 5.82 Å². The first-order valence-electron chi connectivity index (χ1n) is 4.77. The fourth-order valence-electron chi connectivity index (χ4n) is 1.16. The number of aromatic nitrogens is 2. The highest BCUT2D eigenvalue weighted by atomic mass is 79.9. The van der Waals surface area contributed by atoms with E-state index in [9.17, 15) is 4.39 Å². The average molecular weight is 314 g/mol. The number of nitrogen functional groups attached to an aromatic ring is 1. The molecule has 3 nitrogen and oxygen atoms in total. The van der Waals surface area contributed by atoms with E-state index in [1.807, 2.05) is 6.92 Å². The van der Waals surface area contributed by atoms with Crippen molar-refractivity contribution in [1.29, 1.82) is 0 Å². The Morgan fingerprint density at radius 2 is 1.94 bits per heavy atom. The number of hydrogen-bond acceptors (Lipinski definition) is 4. The third-order valence-corrected chi connectivity index (χ3v) is 3.59. The van der Waals surface area contributed by atoms with Crippen molar-refractivity contribution in [3.05, 3.63) is 40.4 Å². The zero-order valence-electron chi connectivity index (χ0n) is 8.95. The van der Waals surface area contributed by atoms with Crippen LogP contribution >= 0.6 is 27.7 Å². The van der Waals surface area contributed by atoms with Crippen molar-refractivity contribution >= 4 is 33.4 Å². The Hall–Kier alpha value is -1.14. The summed E-state index contributed by atoms with van der Waals surface area (Å²) in [4.78, 5) is 9.03. The van der Waals surface area contributed by atoms with Gasteiger partial charge in [-0.15, -0.1) is 0 Å². The van der Waals surface area contributed by atoms with Gasteiger partial charge in [0.2, 0.25) is 0 Å². The van der Waals surface area contributed by atoms with Crippen LogP contribution in [-0.2, 0) is 0 Å². The van der Waals surface area contributed by atoms with E-state index < -0.39 is 0 Å². The van der Waals surface area contributed by atoms with Gasteiger partial charge in [-0.05, 0) is 52.3 Å². The van der Waals surface area contributed by atoms with Crippen molar-refractivity contribution in [3.8, 4) is 0 Å². The molecule has 0 aliphatic rings. The summed E-state index contributed by atoms with van der Waals surface area (Å²) in [5, 5.41) is 0.584. The lowest BCUT2D eigenvalue weighted by Gasteiger charge is -2.05. The molecule has 2 rings (SSSR count). The highest BCUT2D eigenvalue weighted by molar-refractivity contribution is 9.10. The molecule has 0 fully saturated rings. The van der Waals surface area contributed by atoms with E-state index in [1.54, 1.807) is 18.5 Å². The van der Waals surface area contributed by atoms with Crippen LogP contribution in [0.25, 0.3) is 0 Å². The fraction of sp³-hybridized carbons (Fsp3) is 0.0909. The van der Waals surface area contributed by atoms with Gasteiger partial charge in [0.15, 0.2) is 5.16 Å². The Balaban J connectivity index is 2.30. The van der Waals surface area contributed by atoms with Gasteiger partial charge >= 0.3 is 0 Å². The molecule has 2 N–H and O–H groups in total. The molecule has 0 saturated heterocycles. The lowest BCUT2D eigenvalue weighted by Crippen LogP contribution is -1.93. The summed E-state index contributed by atoms with van der Waals surface area (Å²) >= 11 is 4.42. The molecule has 0 unspecified atom stereocenters. The maximum Gasteiger partial charge on any atom is 0.192 e. The van der Waals surface area contributed by atoms with Crippen LogP contribution in [0, 0.1) is 12.7 Å². The van der Waals surface area contributed by atoms with Crippen LogP contribution in [0.1, 0.15) is 5.56 Å². The van der Waals surface area contributed by atoms with Crippen molar-refractivity contribution in [3.63, 3.8) is 0 Å². The molecule has 1 aromatic carbocycles. The minimum Gasteiger partial charge on any atom is -0.398 e. The monoisotopic (exact) mass is 313 g/mol. The van der Waals surface area contributed by atoms with Gasteiger partial charge in [-0.3, -0.25) is 0 Å². The normalized spacial score (nSPS) is 10.5. The van der Waals surface area contributed by atoms with Crippen molar-refractivity contribution in [2.24, 2.45) is 0 Å². The smallest absolute Gasteiger partial charge is 0.192 e. The molecule has 0 saturated carbocycles. The van der Waals surface area contributed by atoms with E-state index in [0.717, 1.165) is 10.5 Å². The lowest BCUT2D eigenvalue weighted by molar-refractivity contribution is 0.620. The van der Waals surface area contributed by atoms with Crippen molar-refractivity contribution < 1.29 is 4.39 Å². The minimum absolute atomic E-state index is 0.375. The zero-order chi connectivity index (χ0) is 12.4. The van der Waals surface area contributed by atoms with E-state index in [2.05, 4.69) is 25.9 Å². The summed E-state index contributed by atoms with van der Waals surface area (Å²) in [5.41, 5.74) is 7.09. The summed E-state index contributed by atoms with van der Waals surface area (Å²) in [6.07, 6.45) is 3.45. The highest BCUT2D eigenvalue weighted by Crippen LogP contribution is 2.33. The minimum atomic E-state index is -0.378. The Morgan fingerprint density at radius 3 is 2.59 bits per heavy atom. The second kappa shape index (κ2) is 5.01. The van der Waals surface area contributed by atoms with Crippen molar-refractivity contribution in [1.82, 2.24) is 9.97 Å². The summed E-state index contributed by atoms with van der Waals surface area (Å²) in [7, 11) is 0. The molecule has 0 spiro atoms. The quantitative estimate of drug-likeness (QED) is 0.682.